The quantitative estimate of drug-likeness (QED) is 0.0210. The summed E-state index contributed by atoms with van der Waals surface area (Å²) in [6.07, 6.45) is 49.1. The summed E-state index contributed by atoms with van der Waals surface area (Å²) in [6, 6.07) is 0. The zero-order valence-electron chi connectivity index (χ0n) is 33.3. The maximum atomic E-state index is 12.5. The Bertz CT molecular complexity index is 979. The largest absolute Gasteiger partial charge is 0.498 e. The summed E-state index contributed by atoms with van der Waals surface area (Å²) >= 11 is 0. The van der Waals surface area contributed by atoms with E-state index in [1.807, 2.05) is 6.08 Å². The van der Waals surface area contributed by atoms with E-state index in [0.717, 1.165) is 38.5 Å². The highest BCUT2D eigenvalue weighted by molar-refractivity contribution is 7.47. The number of hydrogen-bond acceptors (Lipinski definition) is 7. The first-order valence-electron chi connectivity index (χ1n) is 20.8. The molecule has 0 saturated carbocycles. The van der Waals surface area contributed by atoms with E-state index in [2.05, 4.69) is 62.5 Å². The zero-order chi connectivity index (χ0) is 38.1. The van der Waals surface area contributed by atoms with Gasteiger partial charge in [0.25, 0.3) is 0 Å². The molecule has 0 aromatic heterocycles. The maximum Gasteiger partial charge on any atom is 0.472 e. The van der Waals surface area contributed by atoms with Gasteiger partial charge >= 0.3 is 13.8 Å². The zero-order valence-corrected chi connectivity index (χ0v) is 34.2. The summed E-state index contributed by atoms with van der Waals surface area (Å²) in [6.45, 7) is 4.14. The minimum Gasteiger partial charge on any atom is -0.498 e. The van der Waals surface area contributed by atoms with Gasteiger partial charge in [0.2, 0.25) is 0 Å². The molecule has 3 N–H and O–H groups in total. The second kappa shape index (κ2) is 40.2. The second-order valence-corrected chi connectivity index (χ2v) is 15.0. The van der Waals surface area contributed by atoms with Crippen LogP contribution in [0.4, 0.5) is 0 Å². The number of allylic oxidation sites excluding steroid dienone is 9. The molecule has 9 heteroatoms. The third kappa shape index (κ3) is 39.3. The highest BCUT2D eigenvalue weighted by Gasteiger charge is 2.25. The number of phosphoric acid groups is 1. The summed E-state index contributed by atoms with van der Waals surface area (Å²) in [7, 11) is -4.31. The summed E-state index contributed by atoms with van der Waals surface area (Å²) in [5.41, 5.74) is 5.35. The lowest BCUT2D eigenvalue weighted by Crippen LogP contribution is -2.27. The molecule has 0 saturated heterocycles. The number of nitrogens with two attached hydrogens (primary N) is 1. The Morgan fingerprint density at radius 2 is 1.04 bits per heavy atom. The third-order valence-electron chi connectivity index (χ3n) is 8.50. The Morgan fingerprint density at radius 3 is 1.58 bits per heavy atom. The van der Waals surface area contributed by atoms with Crippen molar-refractivity contribution in [2.75, 3.05) is 26.4 Å². The lowest BCUT2D eigenvalue weighted by Gasteiger charge is -2.19. The van der Waals surface area contributed by atoms with Gasteiger partial charge in [-0.3, -0.25) is 13.8 Å². The van der Waals surface area contributed by atoms with E-state index in [1.165, 1.54) is 109 Å². The Labute approximate surface area is 319 Å². The van der Waals surface area contributed by atoms with Crippen molar-refractivity contribution in [1.29, 1.82) is 0 Å². The van der Waals surface area contributed by atoms with E-state index >= 15 is 0 Å². The predicted molar refractivity (Wildman–Crippen MR) is 219 cm³/mol. The summed E-state index contributed by atoms with van der Waals surface area (Å²) < 4.78 is 33.1. The van der Waals surface area contributed by atoms with Gasteiger partial charge in [0.15, 0.2) is 6.10 Å². The molecule has 8 nitrogen and oxygen atoms in total. The van der Waals surface area contributed by atoms with Crippen LogP contribution in [0.15, 0.2) is 60.9 Å². The Hall–Kier alpha value is -1.96. The molecule has 0 aromatic carbocycles. The summed E-state index contributed by atoms with van der Waals surface area (Å²) in [5.74, 6) is -0.407. The average molecular weight is 752 g/mol. The number of ether oxygens (including phenoxy) is 2. The predicted octanol–water partition coefficient (Wildman–Crippen LogP) is 12.5. The van der Waals surface area contributed by atoms with Crippen molar-refractivity contribution in [2.24, 2.45) is 5.73 Å². The van der Waals surface area contributed by atoms with Crippen LogP contribution in [0.25, 0.3) is 0 Å². The molecule has 0 fully saturated rings. The fourth-order valence-corrected chi connectivity index (χ4v) is 6.19. The van der Waals surface area contributed by atoms with E-state index in [0.29, 0.717) is 6.42 Å². The van der Waals surface area contributed by atoms with Gasteiger partial charge in [-0.15, -0.1) is 0 Å². The SMILES string of the molecule is CCCCC/C=C/C/C=C/C/C=C/C/C=C/CCCC(=O)O[C@H](CO/C=C/CCCCCCCCCCCCCCCC)COP(=O)(O)OCCN. The van der Waals surface area contributed by atoms with Crippen LogP contribution in [0.2, 0.25) is 0 Å². The number of carbonyl (C=O) groups excluding carboxylic acids is 1. The maximum absolute atomic E-state index is 12.5. The smallest absolute Gasteiger partial charge is 0.472 e. The van der Waals surface area contributed by atoms with Gasteiger partial charge < -0.3 is 20.1 Å². The van der Waals surface area contributed by atoms with Gasteiger partial charge in [-0.1, -0.05) is 159 Å². The van der Waals surface area contributed by atoms with Gasteiger partial charge in [-0.2, -0.15) is 0 Å². The lowest BCUT2D eigenvalue weighted by molar-refractivity contribution is -0.153. The highest BCUT2D eigenvalue weighted by atomic mass is 31.2. The number of unbranched alkanes of at least 4 members (excludes halogenated alkanes) is 18. The van der Waals surface area contributed by atoms with Crippen molar-refractivity contribution in [3.8, 4) is 0 Å². The molecule has 52 heavy (non-hydrogen) atoms. The molecule has 0 radical (unpaired) electrons. The molecule has 0 aliphatic heterocycles. The van der Waals surface area contributed by atoms with Crippen molar-refractivity contribution in [2.45, 2.75) is 180 Å². The average Bonchev–Trinajstić information content (AvgIpc) is 3.13. The third-order valence-corrected chi connectivity index (χ3v) is 9.49. The van der Waals surface area contributed by atoms with Gasteiger partial charge in [-0.25, -0.2) is 4.57 Å². The van der Waals surface area contributed by atoms with Crippen LogP contribution in [-0.4, -0.2) is 43.3 Å². The van der Waals surface area contributed by atoms with Crippen molar-refractivity contribution in [3.05, 3.63) is 60.9 Å². The number of carbonyl (C=O) groups is 1. The van der Waals surface area contributed by atoms with E-state index in [-0.39, 0.29) is 32.8 Å². The van der Waals surface area contributed by atoms with Crippen LogP contribution in [0.5, 0.6) is 0 Å². The minimum atomic E-state index is -4.31. The van der Waals surface area contributed by atoms with E-state index in [9.17, 15) is 14.3 Å². The van der Waals surface area contributed by atoms with Crippen LogP contribution in [-0.2, 0) is 27.9 Å². The monoisotopic (exact) mass is 752 g/mol. The topological polar surface area (TPSA) is 117 Å². The Kier molecular flexibility index (Phi) is 38.7. The first-order chi connectivity index (χ1) is 25.4. The number of rotatable bonds is 39. The second-order valence-electron chi connectivity index (χ2n) is 13.6. The molecule has 0 aliphatic rings. The summed E-state index contributed by atoms with van der Waals surface area (Å²) in [5, 5.41) is 0. The first kappa shape index (κ1) is 50.0. The van der Waals surface area contributed by atoms with Gasteiger partial charge in [0.1, 0.15) is 6.61 Å². The van der Waals surface area contributed by atoms with Crippen LogP contribution in [0.3, 0.4) is 0 Å². The molecule has 0 heterocycles. The van der Waals surface area contributed by atoms with Crippen molar-refractivity contribution >= 4 is 13.8 Å². The Morgan fingerprint density at radius 1 is 0.596 bits per heavy atom. The highest BCUT2D eigenvalue weighted by Crippen LogP contribution is 2.43. The number of hydrogen-bond donors (Lipinski definition) is 2. The minimum absolute atomic E-state index is 0.00897. The lowest BCUT2D eigenvalue weighted by atomic mass is 10.0. The number of phosphoric ester groups is 1. The Balaban J connectivity index is 4.21. The standard InChI is InChI=1S/C43H78NO7P/c1-3-5-7-9-11-13-15-17-19-21-22-24-26-28-30-32-34-36-43(45)51-42(41-50-52(46,47)49-39-37-44)40-48-38-35-33-31-29-27-25-23-20-18-16-14-12-10-8-6-4-2/h11,13,17,19,22,24,28,30,35,38,42H,3-10,12,14-16,18,20-21,23,25-27,29,31-34,36-37,39-41,44H2,1-2H3,(H,46,47)/b13-11+,19-17+,24-22+,30-28+,38-35+/t42-/m1/s1. The molecule has 2 atom stereocenters. The van der Waals surface area contributed by atoms with Gasteiger partial charge in [0, 0.05) is 13.0 Å². The van der Waals surface area contributed by atoms with E-state index in [4.69, 9.17) is 24.3 Å². The molecule has 0 rings (SSSR count). The first-order valence-corrected chi connectivity index (χ1v) is 22.3. The molecular formula is C43H78NO7P. The summed E-state index contributed by atoms with van der Waals surface area (Å²) in [4.78, 5) is 22.4. The molecule has 0 spiro atoms. The molecule has 0 amide bonds. The fourth-order valence-electron chi connectivity index (χ4n) is 5.42. The molecule has 1 unspecified atom stereocenters. The number of esters is 1. The van der Waals surface area contributed by atoms with Crippen LogP contribution in [0, 0.1) is 0 Å². The van der Waals surface area contributed by atoms with Crippen molar-refractivity contribution < 1.29 is 32.8 Å². The normalized spacial score (nSPS) is 14.1. The molecular weight excluding hydrogens is 673 g/mol. The van der Waals surface area contributed by atoms with Crippen molar-refractivity contribution in [1.82, 2.24) is 0 Å². The van der Waals surface area contributed by atoms with Gasteiger partial charge in [0.05, 0.1) is 19.5 Å². The van der Waals surface area contributed by atoms with Crippen LogP contribution >= 0.6 is 7.82 Å². The van der Waals surface area contributed by atoms with Crippen LogP contribution < -0.4 is 5.73 Å². The van der Waals surface area contributed by atoms with E-state index in [1.54, 1.807) is 6.26 Å². The molecule has 0 bridgehead atoms. The molecule has 0 aromatic rings. The fraction of sp³-hybridized carbons (Fsp3) is 0.744. The van der Waals surface area contributed by atoms with Gasteiger partial charge in [-0.05, 0) is 63.9 Å². The molecule has 302 valence electrons. The van der Waals surface area contributed by atoms with Crippen molar-refractivity contribution in [3.63, 3.8) is 0 Å². The van der Waals surface area contributed by atoms with Crippen LogP contribution in [0.1, 0.15) is 174 Å². The van der Waals surface area contributed by atoms with E-state index < -0.39 is 19.9 Å². The molecule has 0 aliphatic carbocycles.